The third-order valence-corrected chi connectivity index (χ3v) is 1.28. The standard InChI is InChI=1S/C8H10N2O/c1-7(11)9-10-8-5-3-2-4-6-8/h3,5-6H,2,4H2,1H3. The molecule has 0 spiro atoms. The molecule has 0 heterocycles. The number of allylic oxidation sites excluding steroid dienone is 3. The molecule has 0 aromatic rings. The first-order chi connectivity index (χ1) is 5.29. The highest BCUT2D eigenvalue weighted by atomic mass is 16.1. The summed E-state index contributed by atoms with van der Waals surface area (Å²) < 4.78 is 0. The van der Waals surface area contributed by atoms with E-state index in [1.807, 2.05) is 18.2 Å². The van der Waals surface area contributed by atoms with Crippen molar-refractivity contribution in [3.8, 4) is 0 Å². The third kappa shape index (κ3) is 2.89. The maximum absolute atomic E-state index is 10.4. The molecule has 0 unspecified atom stereocenters. The lowest BCUT2D eigenvalue weighted by Gasteiger charge is -1.97. The van der Waals surface area contributed by atoms with Crippen LogP contribution in [0, 0.1) is 0 Å². The van der Waals surface area contributed by atoms with Crippen LogP contribution < -0.4 is 0 Å². The van der Waals surface area contributed by atoms with Crippen LogP contribution >= 0.6 is 0 Å². The Hall–Kier alpha value is -1.25. The zero-order chi connectivity index (χ0) is 8.10. The van der Waals surface area contributed by atoms with Crippen LogP contribution in [0.2, 0.25) is 0 Å². The van der Waals surface area contributed by atoms with Crippen molar-refractivity contribution >= 4 is 5.91 Å². The van der Waals surface area contributed by atoms with E-state index in [1.165, 1.54) is 6.92 Å². The predicted molar refractivity (Wildman–Crippen MR) is 42.0 cm³/mol. The molecule has 0 saturated carbocycles. The van der Waals surface area contributed by atoms with Crippen LogP contribution in [-0.4, -0.2) is 5.91 Å². The maximum atomic E-state index is 10.4. The molecule has 0 aliphatic heterocycles. The molecule has 0 atom stereocenters. The number of carbonyl (C=O) groups excluding carboxylic acids is 1. The van der Waals surface area contributed by atoms with E-state index in [0.717, 1.165) is 18.5 Å². The van der Waals surface area contributed by atoms with Crippen LogP contribution in [-0.2, 0) is 4.79 Å². The van der Waals surface area contributed by atoms with Crippen molar-refractivity contribution in [2.24, 2.45) is 10.2 Å². The van der Waals surface area contributed by atoms with Gasteiger partial charge in [-0.3, -0.25) is 4.79 Å². The first-order valence-electron chi connectivity index (χ1n) is 3.58. The smallest absolute Gasteiger partial charge is 0.261 e. The number of amides is 1. The molecule has 1 amide bonds. The minimum Gasteiger partial charge on any atom is -0.271 e. The average Bonchev–Trinajstić information content (AvgIpc) is 2.03. The molecule has 1 aliphatic carbocycles. The number of carbonyl (C=O) groups is 1. The molecule has 0 bridgehead atoms. The second kappa shape index (κ2) is 3.81. The van der Waals surface area contributed by atoms with Gasteiger partial charge in [0, 0.05) is 6.92 Å². The van der Waals surface area contributed by atoms with E-state index in [9.17, 15) is 4.79 Å². The largest absolute Gasteiger partial charge is 0.271 e. The Morgan fingerprint density at radius 1 is 1.55 bits per heavy atom. The van der Waals surface area contributed by atoms with Crippen molar-refractivity contribution in [3.05, 3.63) is 23.9 Å². The molecule has 11 heavy (non-hydrogen) atoms. The van der Waals surface area contributed by atoms with Crippen LogP contribution in [0.1, 0.15) is 19.8 Å². The summed E-state index contributed by atoms with van der Waals surface area (Å²) in [4.78, 5) is 10.4. The average molecular weight is 150 g/mol. The normalized spacial score (nSPS) is 17.0. The Labute approximate surface area is 65.5 Å². The van der Waals surface area contributed by atoms with Gasteiger partial charge in [0.05, 0.1) is 5.70 Å². The second-order valence-electron chi connectivity index (χ2n) is 2.33. The molecule has 3 heteroatoms. The van der Waals surface area contributed by atoms with Crippen molar-refractivity contribution in [1.29, 1.82) is 0 Å². The number of hydrogen-bond acceptors (Lipinski definition) is 2. The molecule has 0 radical (unpaired) electrons. The summed E-state index contributed by atoms with van der Waals surface area (Å²) in [6.07, 6.45) is 7.90. The van der Waals surface area contributed by atoms with E-state index in [1.54, 1.807) is 0 Å². The lowest BCUT2D eigenvalue weighted by molar-refractivity contribution is -0.116. The fraction of sp³-hybridized carbons (Fsp3) is 0.375. The number of hydrogen-bond donors (Lipinski definition) is 0. The van der Waals surface area contributed by atoms with Gasteiger partial charge in [0.2, 0.25) is 0 Å². The topological polar surface area (TPSA) is 41.8 Å². The summed E-state index contributed by atoms with van der Waals surface area (Å²) in [5, 5.41) is 7.15. The van der Waals surface area contributed by atoms with Crippen molar-refractivity contribution in [3.63, 3.8) is 0 Å². The van der Waals surface area contributed by atoms with Gasteiger partial charge in [-0.2, -0.15) is 0 Å². The molecule has 0 aromatic carbocycles. The first-order valence-corrected chi connectivity index (χ1v) is 3.58. The van der Waals surface area contributed by atoms with E-state index in [2.05, 4.69) is 10.2 Å². The van der Waals surface area contributed by atoms with Gasteiger partial charge < -0.3 is 0 Å². The molecule has 0 N–H and O–H groups in total. The van der Waals surface area contributed by atoms with Crippen LogP contribution in [0.25, 0.3) is 0 Å². The van der Waals surface area contributed by atoms with Crippen LogP contribution in [0.5, 0.6) is 0 Å². The summed E-state index contributed by atoms with van der Waals surface area (Å²) in [6, 6.07) is 0. The van der Waals surface area contributed by atoms with Crippen LogP contribution in [0.15, 0.2) is 34.2 Å². The lowest BCUT2D eigenvalue weighted by Crippen LogP contribution is -1.83. The molecular formula is C8H10N2O. The Balaban J connectivity index is 2.55. The van der Waals surface area contributed by atoms with Gasteiger partial charge in [-0.15, -0.1) is 10.2 Å². The predicted octanol–water partition coefficient (Wildman–Crippen LogP) is 2.22. The molecule has 58 valence electrons. The van der Waals surface area contributed by atoms with Gasteiger partial charge in [-0.05, 0) is 18.9 Å². The molecule has 1 rings (SSSR count). The van der Waals surface area contributed by atoms with Gasteiger partial charge in [0.1, 0.15) is 0 Å². The summed E-state index contributed by atoms with van der Waals surface area (Å²) >= 11 is 0. The van der Waals surface area contributed by atoms with Crippen LogP contribution in [0.4, 0.5) is 0 Å². The van der Waals surface area contributed by atoms with E-state index in [0.29, 0.717) is 0 Å². The number of nitrogens with zero attached hydrogens (tertiary/aromatic N) is 2. The van der Waals surface area contributed by atoms with Crippen molar-refractivity contribution in [2.45, 2.75) is 19.8 Å². The van der Waals surface area contributed by atoms with E-state index < -0.39 is 0 Å². The van der Waals surface area contributed by atoms with Gasteiger partial charge in [-0.25, -0.2) is 0 Å². The lowest BCUT2D eigenvalue weighted by atomic mass is 10.2. The van der Waals surface area contributed by atoms with Gasteiger partial charge >= 0.3 is 0 Å². The minimum absolute atomic E-state index is 0.259. The zero-order valence-corrected chi connectivity index (χ0v) is 6.45. The molecular weight excluding hydrogens is 140 g/mol. The third-order valence-electron chi connectivity index (χ3n) is 1.28. The van der Waals surface area contributed by atoms with E-state index in [-0.39, 0.29) is 5.91 Å². The molecule has 3 nitrogen and oxygen atoms in total. The zero-order valence-electron chi connectivity index (χ0n) is 6.45. The molecule has 0 saturated heterocycles. The Morgan fingerprint density at radius 3 is 2.91 bits per heavy atom. The minimum atomic E-state index is -0.259. The monoisotopic (exact) mass is 150 g/mol. The van der Waals surface area contributed by atoms with Crippen LogP contribution in [0.3, 0.4) is 0 Å². The summed E-state index contributed by atoms with van der Waals surface area (Å²) in [6.45, 7) is 1.39. The maximum Gasteiger partial charge on any atom is 0.261 e. The highest BCUT2D eigenvalue weighted by molar-refractivity contribution is 5.73. The van der Waals surface area contributed by atoms with Gasteiger partial charge in [0.15, 0.2) is 0 Å². The number of azo groups is 1. The fourth-order valence-corrected chi connectivity index (χ4v) is 0.802. The van der Waals surface area contributed by atoms with Gasteiger partial charge in [-0.1, -0.05) is 12.2 Å². The highest BCUT2D eigenvalue weighted by Gasteiger charge is 1.94. The molecule has 0 aromatic heterocycles. The summed E-state index contributed by atoms with van der Waals surface area (Å²) in [7, 11) is 0. The summed E-state index contributed by atoms with van der Waals surface area (Å²) in [5.74, 6) is -0.259. The van der Waals surface area contributed by atoms with E-state index in [4.69, 9.17) is 0 Å². The Morgan fingerprint density at radius 2 is 2.36 bits per heavy atom. The highest BCUT2D eigenvalue weighted by Crippen LogP contribution is 2.10. The van der Waals surface area contributed by atoms with Crippen molar-refractivity contribution < 1.29 is 4.79 Å². The van der Waals surface area contributed by atoms with E-state index >= 15 is 0 Å². The van der Waals surface area contributed by atoms with Crippen molar-refractivity contribution in [2.75, 3.05) is 0 Å². The number of rotatable bonds is 1. The second-order valence-corrected chi connectivity index (χ2v) is 2.33. The molecule has 1 aliphatic rings. The van der Waals surface area contributed by atoms with Crippen molar-refractivity contribution in [1.82, 2.24) is 0 Å². The Bertz CT molecular complexity index is 238. The quantitative estimate of drug-likeness (QED) is 0.528. The SMILES string of the molecule is CC(=O)N=NC1=CCCC=C1. The summed E-state index contributed by atoms with van der Waals surface area (Å²) in [5.41, 5.74) is 0.784. The first kappa shape index (κ1) is 7.85. The Kier molecular flexibility index (Phi) is 2.72. The van der Waals surface area contributed by atoms with Gasteiger partial charge in [0.25, 0.3) is 5.91 Å². The molecule has 0 fully saturated rings. The fourth-order valence-electron chi connectivity index (χ4n) is 0.802.